The van der Waals surface area contributed by atoms with E-state index in [0.717, 1.165) is 24.6 Å². The van der Waals surface area contributed by atoms with E-state index in [1.807, 2.05) is 6.20 Å². The van der Waals surface area contributed by atoms with E-state index in [-0.39, 0.29) is 11.9 Å². The van der Waals surface area contributed by atoms with Gasteiger partial charge in [-0.3, -0.25) is 4.79 Å². The molecule has 2 rings (SSSR count). The molecule has 1 fully saturated rings. The maximum atomic E-state index is 10.6. The van der Waals surface area contributed by atoms with E-state index in [1.54, 1.807) is 6.20 Å². The second-order valence-corrected chi connectivity index (χ2v) is 5.10. The summed E-state index contributed by atoms with van der Waals surface area (Å²) < 4.78 is 7.59. The lowest BCUT2D eigenvalue weighted by molar-refractivity contribution is -0.133. The number of rotatable bonds is 4. The Morgan fingerprint density at radius 1 is 1.76 bits per heavy atom. The minimum atomic E-state index is -0.815. The van der Waals surface area contributed by atoms with Crippen LogP contribution < -0.4 is 0 Å². The fraction of sp³-hybridized carbons (Fsp3) is 0.636. The van der Waals surface area contributed by atoms with E-state index in [0.29, 0.717) is 6.04 Å². The molecule has 0 aromatic carbocycles. The second-order valence-electron chi connectivity index (χ2n) is 4.16. The first-order valence-corrected chi connectivity index (χ1v) is 6.64. The Bertz CT molecular complexity index is 394. The van der Waals surface area contributed by atoms with Crippen LogP contribution in [0.15, 0.2) is 17.6 Å². The fourth-order valence-electron chi connectivity index (χ4n) is 2.04. The molecule has 1 N–H and O–H groups in total. The molecule has 2 atom stereocenters. The van der Waals surface area contributed by atoms with Crippen LogP contribution in [0, 0.1) is 0 Å². The molecule has 94 valence electrons. The first-order valence-electron chi connectivity index (χ1n) is 5.66. The normalized spacial score (nSPS) is 24.8. The summed E-state index contributed by atoms with van der Waals surface area (Å²) in [6.45, 7) is 2.82. The molecule has 0 aliphatic carbocycles. The molecule has 6 heteroatoms. The number of thioether (sulfide) groups is 1. The number of aliphatic carboxylic acids is 1. The third kappa shape index (κ3) is 3.23. The fourth-order valence-corrected chi connectivity index (χ4v) is 2.79. The minimum absolute atomic E-state index is 0.0514. The van der Waals surface area contributed by atoms with Gasteiger partial charge in [0, 0.05) is 25.0 Å². The van der Waals surface area contributed by atoms with Gasteiger partial charge in [-0.15, -0.1) is 0 Å². The van der Waals surface area contributed by atoms with Gasteiger partial charge in [-0.1, -0.05) is 11.8 Å². The Balaban J connectivity index is 2.04. The summed E-state index contributed by atoms with van der Waals surface area (Å²) in [7, 11) is 0. The van der Waals surface area contributed by atoms with Crippen LogP contribution in [0.5, 0.6) is 0 Å². The number of carboxylic acids is 1. The molecular weight excluding hydrogens is 240 g/mol. The number of hydrogen-bond donors (Lipinski definition) is 1. The van der Waals surface area contributed by atoms with Crippen molar-refractivity contribution in [1.29, 1.82) is 0 Å². The Labute approximate surface area is 104 Å². The van der Waals surface area contributed by atoms with Crippen molar-refractivity contribution in [2.24, 2.45) is 0 Å². The largest absolute Gasteiger partial charge is 0.481 e. The number of ether oxygens (including phenoxy) is 1. The Kier molecular flexibility index (Phi) is 4.06. The van der Waals surface area contributed by atoms with Crippen molar-refractivity contribution in [3.8, 4) is 0 Å². The van der Waals surface area contributed by atoms with Crippen molar-refractivity contribution in [3.05, 3.63) is 12.4 Å². The van der Waals surface area contributed by atoms with Crippen LogP contribution in [0.1, 0.15) is 25.8 Å². The standard InChI is InChI=1S/C11H16N2O3S/c1-8-6-9(2-5-16-8)13-4-3-12-11(13)17-7-10(14)15/h3-4,8-9H,2,5-7H2,1H3,(H,14,15). The second kappa shape index (κ2) is 5.55. The topological polar surface area (TPSA) is 64.4 Å². The van der Waals surface area contributed by atoms with Gasteiger partial charge in [0.25, 0.3) is 0 Å². The first-order chi connectivity index (χ1) is 8.16. The Hall–Kier alpha value is -1.01. The van der Waals surface area contributed by atoms with E-state index in [2.05, 4.69) is 16.5 Å². The van der Waals surface area contributed by atoms with Crippen molar-refractivity contribution in [2.45, 2.75) is 37.1 Å². The summed E-state index contributed by atoms with van der Waals surface area (Å²) in [5, 5.41) is 9.46. The molecule has 5 nitrogen and oxygen atoms in total. The highest BCUT2D eigenvalue weighted by molar-refractivity contribution is 7.99. The SMILES string of the molecule is CC1CC(n2ccnc2SCC(=O)O)CCO1. The van der Waals surface area contributed by atoms with Gasteiger partial charge in [0.1, 0.15) is 0 Å². The maximum Gasteiger partial charge on any atom is 0.313 e. The van der Waals surface area contributed by atoms with E-state index >= 15 is 0 Å². The molecule has 0 bridgehead atoms. The van der Waals surface area contributed by atoms with Gasteiger partial charge in [-0.25, -0.2) is 4.98 Å². The average Bonchev–Trinajstić information content (AvgIpc) is 2.74. The van der Waals surface area contributed by atoms with Crippen molar-refractivity contribution in [3.63, 3.8) is 0 Å². The highest BCUT2D eigenvalue weighted by Crippen LogP contribution is 2.29. The van der Waals surface area contributed by atoms with Crippen LogP contribution in [0.2, 0.25) is 0 Å². The van der Waals surface area contributed by atoms with Gasteiger partial charge >= 0.3 is 5.97 Å². The third-order valence-electron chi connectivity index (χ3n) is 2.81. The number of carboxylic acid groups (broad SMARTS) is 1. The summed E-state index contributed by atoms with van der Waals surface area (Å²) in [5.41, 5.74) is 0. The van der Waals surface area contributed by atoms with Crippen molar-refractivity contribution in [2.75, 3.05) is 12.4 Å². The predicted molar refractivity (Wildman–Crippen MR) is 64.3 cm³/mol. The van der Waals surface area contributed by atoms with E-state index in [9.17, 15) is 4.79 Å². The van der Waals surface area contributed by atoms with Crippen LogP contribution >= 0.6 is 11.8 Å². The summed E-state index contributed by atoms with van der Waals surface area (Å²) in [5.74, 6) is -0.764. The van der Waals surface area contributed by atoms with Crippen LogP contribution in [0.3, 0.4) is 0 Å². The lowest BCUT2D eigenvalue weighted by atomic mass is 10.0. The first kappa shape index (κ1) is 12.4. The molecule has 2 unspecified atom stereocenters. The summed E-state index contributed by atoms with van der Waals surface area (Å²) in [6, 6.07) is 0.373. The van der Waals surface area contributed by atoms with Gasteiger partial charge in [-0.2, -0.15) is 0 Å². The zero-order valence-corrected chi connectivity index (χ0v) is 10.5. The van der Waals surface area contributed by atoms with Crippen molar-refractivity contribution >= 4 is 17.7 Å². The zero-order chi connectivity index (χ0) is 12.3. The number of aromatic nitrogens is 2. The lowest BCUT2D eigenvalue weighted by Crippen LogP contribution is -2.25. The zero-order valence-electron chi connectivity index (χ0n) is 9.70. The molecule has 0 radical (unpaired) electrons. The van der Waals surface area contributed by atoms with Gasteiger partial charge in [0.15, 0.2) is 5.16 Å². The molecule has 17 heavy (non-hydrogen) atoms. The summed E-state index contributed by atoms with van der Waals surface area (Å²) >= 11 is 1.27. The quantitative estimate of drug-likeness (QED) is 0.832. The van der Waals surface area contributed by atoms with Gasteiger partial charge in [-0.05, 0) is 19.8 Å². The molecule has 1 aliphatic rings. The van der Waals surface area contributed by atoms with Crippen LogP contribution in [-0.4, -0.2) is 39.1 Å². The molecule has 1 saturated heterocycles. The van der Waals surface area contributed by atoms with Gasteiger partial charge in [0.05, 0.1) is 11.9 Å². The Morgan fingerprint density at radius 3 is 3.29 bits per heavy atom. The van der Waals surface area contributed by atoms with E-state index in [1.165, 1.54) is 11.8 Å². The predicted octanol–water partition coefficient (Wildman–Crippen LogP) is 1.80. The molecule has 1 aromatic heterocycles. The number of hydrogen-bond acceptors (Lipinski definition) is 4. The van der Waals surface area contributed by atoms with Crippen molar-refractivity contribution < 1.29 is 14.6 Å². The van der Waals surface area contributed by atoms with E-state index in [4.69, 9.17) is 9.84 Å². The van der Waals surface area contributed by atoms with Crippen LogP contribution in [0.25, 0.3) is 0 Å². The number of nitrogens with zero attached hydrogens (tertiary/aromatic N) is 2. The molecule has 0 spiro atoms. The summed E-state index contributed by atoms with van der Waals surface area (Å²) in [4.78, 5) is 14.8. The molecule has 1 aromatic rings. The van der Waals surface area contributed by atoms with Crippen molar-refractivity contribution in [1.82, 2.24) is 9.55 Å². The average molecular weight is 256 g/mol. The minimum Gasteiger partial charge on any atom is -0.481 e. The lowest BCUT2D eigenvalue weighted by Gasteiger charge is -2.29. The van der Waals surface area contributed by atoms with Gasteiger partial charge < -0.3 is 14.4 Å². The number of imidazole rings is 1. The monoisotopic (exact) mass is 256 g/mol. The van der Waals surface area contributed by atoms with Crippen LogP contribution in [0.4, 0.5) is 0 Å². The maximum absolute atomic E-state index is 10.6. The summed E-state index contributed by atoms with van der Waals surface area (Å²) in [6.07, 6.45) is 5.82. The molecular formula is C11H16N2O3S. The third-order valence-corrected chi connectivity index (χ3v) is 3.77. The van der Waals surface area contributed by atoms with Gasteiger partial charge in [0.2, 0.25) is 0 Å². The highest BCUT2D eigenvalue weighted by Gasteiger charge is 2.22. The molecule has 1 aliphatic heterocycles. The smallest absolute Gasteiger partial charge is 0.313 e. The Morgan fingerprint density at radius 2 is 2.59 bits per heavy atom. The molecule has 0 saturated carbocycles. The molecule has 0 amide bonds. The molecule has 2 heterocycles. The van der Waals surface area contributed by atoms with E-state index < -0.39 is 5.97 Å². The number of carbonyl (C=O) groups is 1. The highest BCUT2D eigenvalue weighted by atomic mass is 32.2. The van der Waals surface area contributed by atoms with Crippen LogP contribution in [-0.2, 0) is 9.53 Å².